The summed E-state index contributed by atoms with van der Waals surface area (Å²) in [5.74, 6) is -0.424. The number of para-hydroxylation sites is 1. The smallest absolute Gasteiger partial charge is 0.259 e. The van der Waals surface area contributed by atoms with Gasteiger partial charge in [-0.3, -0.25) is 4.79 Å². The SMILES string of the molecule is N#CCc1ccc(NC(=O)c2ccccc2O)cc1. The summed E-state index contributed by atoms with van der Waals surface area (Å²) in [6.45, 7) is 0. The Hall–Kier alpha value is -2.80. The Balaban J connectivity index is 2.11. The maximum Gasteiger partial charge on any atom is 0.259 e. The first kappa shape index (κ1) is 12.7. The molecular formula is C15H12N2O2. The molecule has 4 nitrogen and oxygen atoms in total. The van der Waals surface area contributed by atoms with Crippen LogP contribution in [0.25, 0.3) is 0 Å². The van der Waals surface area contributed by atoms with Crippen LogP contribution in [0.2, 0.25) is 0 Å². The monoisotopic (exact) mass is 252 g/mol. The Morgan fingerprint density at radius 2 is 1.84 bits per heavy atom. The van der Waals surface area contributed by atoms with E-state index in [2.05, 4.69) is 11.4 Å². The highest BCUT2D eigenvalue weighted by Crippen LogP contribution is 2.18. The third-order valence-corrected chi connectivity index (χ3v) is 2.64. The molecule has 0 aliphatic heterocycles. The van der Waals surface area contributed by atoms with Crippen LogP contribution in [0, 0.1) is 11.3 Å². The molecule has 0 atom stereocenters. The van der Waals surface area contributed by atoms with Crippen LogP contribution < -0.4 is 5.32 Å². The number of aromatic hydroxyl groups is 1. The molecule has 0 saturated heterocycles. The van der Waals surface area contributed by atoms with Crippen LogP contribution in [0.15, 0.2) is 48.5 Å². The predicted molar refractivity (Wildman–Crippen MR) is 71.8 cm³/mol. The summed E-state index contributed by atoms with van der Waals surface area (Å²) < 4.78 is 0. The van der Waals surface area contributed by atoms with Crippen molar-refractivity contribution in [3.63, 3.8) is 0 Å². The van der Waals surface area contributed by atoms with Gasteiger partial charge in [-0.15, -0.1) is 0 Å². The van der Waals surface area contributed by atoms with Crippen LogP contribution in [-0.4, -0.2) is 11.0 Å². The van der Waals surface area contributed by atoms with E-state index in [9.17, 15) is 9.90 Å². The standard InChI is InChI=1S/C15H12N2O2/c16-10-9-11-5-7-12(8-6-11)17-15(19)13-3-1-2-4-14(13)18/h1-8,18H,9H2,(H,17,19). The number of rotatable bonds is 3. The fourth-order valence-corrected chi connectivity index (χ4v) is 1.66. The minimum atomic E-state index is -0.369. The maximum atomic E-state index is 11.9. The zero-order valence-corrected chi connectivity index (χ0v) is 10.1. The second kappa shape index (κ2) is 5.69. The molecule has 2 aromatic rings. The van der Waals surface area contributed by atoms with E-state index in [-0.39, 0.29) is 17.2 Å². The van der Waals surface area contributed by atoms with E-state index in [0.717, 1.165) is 5.56 Å². The number of nitrogens with one attached hydrogen (secondary N) is 1. The van der Waals surface area contributed by atoms with Crippen LogP contribution >= 0.6 is 0 Å². The molecule has 0 saturated carbocycles. The quantitative estimate of drug-likeness (QED) is 0.882. The number of phenols is 1. The Kier molecular flexibility index (Phi) is 3.79. The average Bonchev–Trinajstić information content (AvgIpc) is 2.42. The van der Waals surface area contributed by atoms with E-state index in [1.165, 1.54) is 6.07 Å². The molecule has 2 aromatic carbocycles. The topological polar surface area (TPSA) is 73.1 Å². The number of anilines is 1. The molecule has 0 heterocycles. The first-order chi connectivity index (χ1) is 9.20. The summed E-state index contributed by atoms with van der Waals surface area (Å²) in [4.78, 5) is 11.9. The summed E-state index contributed by atoms with van der Waals surface area (Å²) in [7, 11) is 0. The van der Waals surface area contributed by atoms with Crippen LogP contribution in [-0.2, 0) is 6.42 Å². The van der Waals surface area contributed by atoms with Crippen molar-refractivity contribution in [1.82, 2.24) is 0 Å². The zero-order valence-electron chi connectivity index (χ0n) is 10.1. The number of nitrogens with zero attached hydrogens (tertiary/aromatic N) is 1. The van der Waals surface area contributed by atoms with Crippen molar-refractivity contribution >= 4 is 11.6 Å². The normalized spacial score (nSPS) is 9.63. The highest BCUT2D eigenvalue weighted by Gasteiger charge is 2.10. The van der Waals surface area contributed by atoms with Gasteiger partial charge in [0, 0.05) is 5.69 Å². The largest absolute Gasteiger partial charge is 0.507 e. The third kappa shape index (κ3) is 3.11. The molecule has 0 fully saturated rings. The number of carbonyl (C=O) groups excluding carboxylic acids is 1. The van der Waals surface area contributed by atoms with E-state index >= 15 is 0 Å². The molecule has 0 radical (unpaired) electrons. The van der Waals surface area contributed by atoms with E-state index in [1.54, 1.807) is 42.5 Å². The summed E-state index contributed by atoms with van der Waals surface area (Å²) in [6.07, 6.45) is 0.341. The molecule has 94 valence electrons. The first-order valence-electron chi connectivity index (χ1n) is 5.76. The molecule has 0 spiro atoms. The minimum Gasteiger partial charge on any atom is -0.507 e. The Morgan fingerprint density at radius 3 is 2.47 bits per heavy atom. The predicted octanol–water partition coefficient (Wildman–Crippen LogP) is 2.71. The molecule has 0 aliphatic carbocycles. The van der Waals surface area contributed by atoms with Gasteiger partial charge in [0.1, 0.15) is 5.75 Å². The minimum absolute atomic E-state index is 0.0545. The molecule has 2 rings (SSSR count). The molecule has 0 aromatic heterocycles. The van der Waals surface area contributed by atoms with Gasteiger partial charge in [-0.2, -0.15) is 5.26 Å². The lowest BCUT2D eigenvalue weighted by molar-refractivity contribution is 0.102. The summed E-state index contributed by atoms with van der Waals surface area (Å²) in [5.41, 5.74) is 1.74. The molecule has 0 bridgehead atoms. The van der Waals surface area contributed by atoms with Crippen LogP contribution in [0.3, 0.4) is 0 Å². The summed E-state index contributed by atoms with van der Waals surface area (Å²) >= 11 is 0. The van der Waals surface area contributed by atoms with Gasteiger partial charge in [-0.1, -0.05) is 24.3 Å². The van der Waals surface area contributed by atoms with Crippen LogP contribution in [0.4, 0.5) is 5.69 Å². The third-order valence-electron chi connectivity index (χ3n) is 2.64. The summed E-state index contributed by atoms with van der Waals surface area (Å²) in [5, 5.41) is 20.8. The number of carbonyl (C=O) groups is 1. The van der Waals surface area contributed by atoms with Crippen molar-refractivity contribution in [1.29, 1.82) is 5.26 Å². The second-order valence-electron chi connectivity index (χ2n) is 4.00. The van der Waals surface area contributed by atoms with E-state index in [1.807, 2.05) is 0 Å². The Morgan fingerprint density at radius 1 is 1.16 bits per heavy atom. The fourth-order valence-electron chi connectivity index (χ4n) is 1.66. The van der Waals surface area contributed by atoms with Gasteiger partial charge in [-0.25, -0.2) is 0 Å². The van der Waals surface area contributed by atoms with Gasteiger partial charge < -0.3 is 10.4 Å². The van der Waals surface area contributed by atoms with Gasteiger partial charge in [0.05, 0.1) is 18.1 Å². The lowest BCUT2D eigenvalue weighted by Gasteiger charge is -2.07. The number of benzene rings is 2. The molecular weight excluding hydrogens is 240 g/mol. The molecule has 2 N–H and O–H groups in total. The van der Waals surface area contributed by atoms with Crippen molar-refractivity contribution in [2.75, 3.05) is 5.32 Å². The van der Waals surface area contributed by atoms with Gasteiger partial charge in [0.2, 0.25) is 0 Å². The highest BCUT2D eigenvalue weighted by atomic mass is 16.3. The van der Waals surface area contributed by atoms with E-state index < -0.39 is 0 Å². The lowest BCUT2D eigenvalue weighted by atomic mass is 10.1. The number of hydrogen-bond acceptors (Lipinski definition) is 3. The Bertz CT molecular complexity index is 627. The number of hydrogen-bond donors (Lipinski definition) is 2. The van der Waals surface area contributed by atoms with Crippen LogP contribution in [0.1, 0.15) is 15.9 Å². The first-order valence-corrected chi connectivity index (χ1v) is 5.76. The molecule has 0 aliphatic rings. The van der Waals surface area contributed by atoms with Gasteiger partial charge >= 0.3 is 0 Å². The van der Waals surface area contributed by atoms with Crippen LogP contribution in [0.5, 0.6) is 5.75 Å². The highest BCUT2D eigenvalue weighted by molar-refractivity contribution is 6.06. The lowest BCUT2D eigenvalue weighted by Crippen LogP contribution is -2.11. The van der Waals surface area contributed by atoms with E-state index in [4.69, 9.17) is 5.26 Å². The van der Waals surface area contributed by atoms with Gasteiger partial charge in [-0.05, 0) is 29.8 Å². The van der Waals surface area contributed by atoms with Crippen molar-refractivity contribution in [3.8, 4) is 11.8 Å². The van der Waals surface area contributed by atoms with E-state index in [0.29, 0.717) is 12.1 Å². The van der Waals surface area contributed by atoms with Crippen molar-refractivity contribution < 1.29 is 9.90 Å². The van der Waals surface area contributed by atoms with Crippen molar-refractivity contribution in [2.24, 2.45) is 0 Å². The van der Waals surface area contributed by atoms with Crippen molar-refractivity contribution in [2.45, 2.75) is 6.42 Å². The van der Waals surface area contributed by atoms with Gasteiger partial charge in [0.15, 0.2) is 0 Å². The fraction of sp³-hybridized carbons (Fsp3) is 0.0667. The molecule has 1 amide bonds. The molecule has 0 unspecified atom stereocenters. The summed E-state index contributed by atoms with van der Waals surface area (Å²) in [6, 6.07) is 15.4. The number of nitriles is 1. The second-order valence-corrected chi connectivity index (χ2v) is 4.00. The Labute approximate surface area is 110 Å². The average molecular weight is 252 g/mol. The molecule has 4 heteroatoms. The zero-order chi connectivity index (χ0) is 13.7. The number of amides is 1. The van der Waals surface area contributed by atoms with Gasteiger partial charge in [0.25, 0.3) is 5.91 Å². The molecule has 19 heavy (non-hydrogen) atoms. The number of phenolic OH excluding ortho intramolecular Hbond substituents is 1. The van der Waals surface area contributed by atoms with Crippen molar-refractivity contribution in [3.05, 3.63) is 59.7 Å². The maximum absolute atomic E-state index is 11.9.